The van der Waals surface area contributed by atoms with E-state index < -0.39 is 0 Å². The van der Waals surface area contributed by atoms with Gasteiger partial charge in [0.15, 0.2) is 0 Å². The highest BCUT2D eigenvalue weighted by molar-refractivity contribution is 5.89. The van der Waals surface area contributed by atoms with Crippen molar-refractivity contribution in [2.75, 3.05) is 36.1 Å². The summed E-state index contributed by atoms with van der Waals surface area (Å²) in [5.41, 5.74) is 0.658. The van der Waals surface area contributed by atoms with E-state index in [1.807, 2.05) is 30.3 Å². The van der Waals surface area contributed by atoms with Gasteiger partial charge >= 0.3 is 6.03 Å². The third-order valence-electron chi connectivity index (χ3n) is 3.63. The van der Waals surface area contributed by atoms with Gasteiger partial charge in [0.05, 0.1) is 7.11 Å². The lowest BCUT2D eigenvalue weighted by molar-refractivity contribution is 0.252. The van der Waals surface area contributed by atoms with E-state index in [2.05, 4.69) is 36.2 Å². The van der Waals surface area contributed by atoms with Gasteiger partial charge in [0.1, 0.15) is 29.5 Å². The summed E-state index contributed by atoms with van der Waals surface area (Å²) in [5, 5.41) is 11.8. The second kappa shape index (κ2) is 9.72. The molecule has 0 radical (unpaired) electrons. The van der Waals surface area contributed by atoms with Crippen molar-refractivity contribution in [1.29, 1.82) is 0 Å². The van der Waals surface area contributed by atoms with Crippen LogP contribution in [-0.4, -0.2) is 41.2 Å². The molecular weight excluding hydrogens is 358 g/mol. The number of carbonyl (C=O) groups excluding carboxylic acids is 1. The molecule has 0 aliphatic heterocycles. The number of ether oxygens (including phenoxy) is 1. The van der Waals surface area contributed by atoms with Gasteiger partial charge in [-0.2, -0.15) is 0 Å². The zero-order valence-corrected chi connectivity index (χ0v) is 15.3. The monoisotopic (exact) mass is 379 g/mol. The van der Waals surface area contributed by atoms with Gasteiger partial charge in [-0.3, -0.25) is 0 Å². The van der Waals surface area contributed by atoms with Crippen LogP contribution >= 0.6 is 0 Å². The SMILES string of the molecule is COc1cccc(NC(=O)NCCNc2cc(Nc3ccccn3)ncn2)c1. The molecule has 9 nitrogen and oxygen atoms in total. The van der Waals surface area contributed by atoms with Crippen molar-refractivity contribution in [2.24, 2.45) is 0 Å². The van der Waals surface area contributed by atoms with E-state index in [-0.39, 0.29) is 6.03 Å². The molecule has 0 saturated carbocycles. The molecule has 144 valence electrons. The zero-order chi connectivity index (χ0) is 19.6. The zero-order valence-electron chi connectivity index (χ0n) is 15.3. The van der Waals surface area contributed by atoms with E-state index in [4.69, 9.17) is 4.74 Å². The second-order valence-corrected chi connectivity index (χ2v) is 5.67. The highest BCUT2D eigenvalue weighted by Gasteiger charge is 2.03. The molecular formula is C19H21N7O2. The number of aromatic nitrogens is 3. The van der Waals surface area contributed by atoms with Crippen LogP contribution in [0.5, 0.6) is 5.75 Å². The molecule has 0 aliphatic carbocycles. The van der Waals surface area contributed by atoms with E-state index in [0.717, 1.165) is 0 Å². The van der Waals surface area contributed by atoms with Gasteiger partial charge in [-0.1, -0.05) is 12.1 Å². The van der Waals surface area contributed by atoms with Crippen molar-refractivity contribution in [3.63, 3.8) is 0 Å². The summed E-state index contributed by atoms with van der Waals surface area (Å²) < 4.78 is 5.13. The number of anilines is 4. The summed E-state index contributed by atoms with van der Waals surface area (Å²) in [7, 11) is 1.58. The molecule has 0 bridgehead atoms. The summed E-state index contributed by atoms with van der Waals surface area (Å²) in [5.74, 6) is 2.64. The van der Waals surface area contributed by atoms with Gasteiger partial charge in [0.25, 0.3) is 0 Å². The van der Waals surface area contributed by atoms with Crippen molar-refractivity contribution in [1.82, 2.24) is 20.3 Å². The molecule has 0 saturated heterocycles. The Morgan fingerprint density at radius 1 is 0.964 bits per heavy atom. The molecule has 1 aromatic carbocycles. The van der Waals surface area contributed by atoms with Crippen molar-refractivity contribution >= 4 is 29.2 Å². The first-order valence-corrected chi connectivity index (χ1v) is 8.66. The molecule has 0 fully saturated rings. The van der Waals surface area contributed by atoms with Crippen molar-refractivity contribution in [2.45, 2.75) is 0 Å². The first-order valence-electron chi connectivity index (χ1n) is 8.66. The summed E-state index contributed by atoms with van der Waals surface area (Å²) in [6, 6.07) is 14.2. The lowest BCUT2D eigenvalue weighted by Gasteiger charge is -2.10. The number of methoxy groups -OCH3 is 1. The lowest BCUT2D eigenvalue weighted by atomic mass is 10.3. The van der Waals surface area contributed by atoms with E-state index in [0.29, 0.717) is 42.0 Å². The summed E-state index contributed by atoms with van der Waals surface area (Å²) in [6.45, 7) is 0.925. The van der Waals surface area contributed by atoms with Crippen molar-refractivity contribution in [3.8, 4) is 5.75 Å². The maximum absolute atomic E-state index is 11.9. The molecule has 2 aromatic heterocycles. The van der Waals surface area contributed by atoms with Gasteiger partial charge in [-0.05, 0) is 24.3 Å². The Labute approximate surface area is 162 Å². The molecule has 3 rings (SSSR count). The van der Waals surface area contributed by atoms with Gasteiger partial charge in [0, 0.05) is 37.1 Å². The fourth-order valence-corrected chi connectivity index (χ4v) is 2.33. The number of nitrogens with zero attached hydrogens (tertiary/aromatic N) is 3. The maximum Gasteiger partial charge on any atom is 0.319 e. The number of rotatable bonds is 8. The van der Waals surface area contributed by atoms with Gasteiger partial charge in [-0.15, -0.1) is 0 Å². The molecule has 0 spiro atoms. The van der Waals surface area contributed by atoms with Gasteiger partial charge in [-0.25, -0.2) is 19.7 Å². The standard InChI is InChI=1S/C19H21N7O2/c1-28-15-6-4-5-14(11-15)25-19(27)22-10-9-21-17-12-18(24-13-23-17)26-16-7-2-3-8-20-16/h2-8,11-13H,9-10H2,1H3,(H2,22,25,27)(H2,20,21,23,24,26). The Kier molecular flexibility index (Phi) is 6.56. The second-order valence-electron chi connectivity index (χ2n) is 5.67. The number of pyridine rings is 1. The number of benzene rings is 1. The summed E-state index contributed by atoms with van der Waals surface area (Å²) in [4.78, 5) is 24.5. The van der Waals surface area contributed by atoms with Crippen LogP contribution in [0, 0.1) is 0 Å². The first-order chi connectivity index (χ1) is 13.7. The topological polar surface area (TPSA) is 113 Å². The number of amides is 2. The first kappa shape index (κ1) is 18.9. The normalized spacial score (nSPS) is 10.0. The number of carbonyl (C=O) groups is 1. The van der Waals surface area contributed by atoms with Crippen molar-refractivity contribution < 1.29 is 9.53 Å². The minimum Gasteiger partial charge on any atom is -0.497 e. The maximum atomic E-state index is 11.9. The molecule has 28 heavy (non-hydrogen) atoms. The molecule has 0 unspecified atom stereocenters. The minimum absolute atomic E-state index is 0.296. The molecule has 3 aromatic rings. The van der Waals surface area contributed by atoms with E-state index in [9.17, 15) is 4.79 Å². The van der Waals surface area contributed by atoms with Crippen LogP contribution in [0.2, 0.25) is 0 Å². The molecule has 2 amide bonds. The molecule has 2 heterocycles. The quantitative estimate of drug-likeness (QED) is 0.445. The third-order valence-corrected chi connectivity index (χ3v) is 3.63. The van der Waals surface area contributed by atoms with Crippen LogP contribution in [0.1, 0.15) is 0 Å². The van der Waals surface area contributed by atoms with Gasteiger partial charge in [0.2, 0.25) is 0 Å². The fraction of sp³-hybridized carbons (Fsp3) is 0.158. The minimum atomic E-state index is -0.296. The predicted octanol–water partition coefficient (Wildman–Crippen LogP) is 2.86. The Balaban J connectivity index is 1.42. The van der Waals surface area contributed by atoms with Crippen LogP contribution < -0.4 is 26.0 Å². The largest absolute Gasteiger partial charge is 0.497 e. The number of nitrogens with one attached hydrogen (secondary N) is 4. The van der Waals surface area contributed by atoms with Crippen LogP contribution in [0.3, 0.4) is 0 Å². The summed E-state index contributed by atoms with van der Waals surface area (Å²) >= 11 is 0. The molecule has 9 heteroatoms. The Morgan fingerprint density at radius 2 is 1.86 bits per heavy atom. The van der Waals surface area contributed by atoms with E-state index in [1.54, 1.807) is 31.5 Å². The Hall–Kier alpha value is -3.88. The average Bonchev–Trinajstić information content (AvgIpc) is 2.72. The van der Waals surface area contributed by atoms with Crippen LogP contribution in [-0.2, 0) is 0 Å². The number of hydrogen-bond acceptors (Lipinski definition) is 7. The highest BCUT2D eigenvalue weighted by atomic mass is 16.5. The van der Waals surface area contributed by atoms with E-state index >= 15 is 0 Å². The van der Waals surface area contributed by atoms with Crippen molar-refractivity contribution in [3.05, 3.63) is 61.1 Å². The van der Waals surface area contributed by atoms with Crippen LogP contribution in [0.15, 0.2) is 61.1 Å². The third kappa shape index (κ3) is 5.84. The summed E-state index contributed by atoms with van der Waals surface area (Å²) in [6.07, 6.45) is 3.15. The number of urea groups is 1. The molecule has 0 aliphatic rings. The predicted molar refractivity (Wildman–Crippen MR) is 108 cm³/mol. The van der Waals surface area contributed by atoms with Crippen LogP contribution in [0.4, 0.5) is 27.9 Å². The average molecular weight is 379 g/mol. The smallest absolute Gasteiger partial charge is 0.319 e. The van der Waals surface area contributed by atoms with E-state index in [1.165, 1.54) is 6.33 Å². The molecule has 4 N–H and O–H groups in total. The lowest BCUT2D eigenvalue weighted by Crippen LogP contribution is -2.32. The Morgan fingerprint density at radius 3 is 2.68 bits per heavy atom. The number of hydrogen-bond donors (Lipinski definition) is 4. The Bertz CT molecular complexity index is 906. The van der Waals surface area contributed by atoms with Crippen LogP contribution in [0.25, 0.3) is 0 Å². The van der Waals surface area contributed by atoms with Gasteiger partial charge < -0.3 is 26.0 Å². The fourth-order valence-electron chi connectivity index (χ4n) is 2.33. The highest BCUT2D eigenvalue weighted by Crippen LogP contribution is 2.16. The molecule has 0 atom stereocenters.